The maximum Gasteiger partial charge on any atom is 0.0917 e. The number of benzene rings is 2. The first-order chi connectivity index (χ1) is 7.35. The summed E-state index contributed by atoms with van der Waals surface area (Å²) in [5.74, 6) is 0. The molecule has 0 fully saturated rings. The second kappa shape index (κ2) is 4.24. The predicted octanol–water partition coefficient (Wildman–Crippen LogP) is 3.11. The molecular weight excluding hydrogens is 189 g/mol. The third kappa shape index (κ3) is 1.90. The maximum absolute atomic E-state index is 12.5. The molecule has 0 atom stereocenters. The van der Waals surface area contributed by atoms with Crippen molar-refractivity contribution in [1.29, 1.82) is 0 Å². The van der Waals surface area contributed by atoms with Crippen molar-refractivity contribution in [3.8, 4) is 0 Å². The lowest BCUT2D eigenvalue weighted by Crippen LogP contribution is -2.01. The molecule has 0 aromatic heterocycles. The molecular formula is C13H12FN. The van der Waals surface area contributed by atoms with Gasteiger partial charge >= 0.3 is 0 Å². The van der Waals surface area contributed by atoms with Crippen molar-refractivity contribution in [2.45, 2.75) is 0 Å². The van der Waals surface area contributed by atoms with Crippen LogP contribution in [0.1, 0.15) is 5.56 Å². The average molecular weight is 201 g/mol. The summed E-state index contributed by atoms with van der Waals surface area (Å²) in [5.41, 5.74) is 6.83. The van der Waals surface area contributed by atoms with Crippen molar-refractivity contribution in [1.82, 2.24) is 0 Å². The van der Waals surface area contributed by atoms with Crippen LogP contribution < -0.4 is 5.73 Å². The van der Waals surface area contributed by atoms with Gasteiger partial charge in [0.1, 0.15) is 0 Å². The van der Waals surface area contributed by atoms with Gasteiger partial charge in [-0.15, -0.1) is 0 Å². The van der Waals surface area contributed by atoms with Gasteiger partial charge in [-0.05, 0) is 22.4 Å². The van der Waals surface area contributed by atoms with Gasteiger partial charge in [-0.25, -0.2) is 4.39 Å². The van der Waals surface area contributed by atoms with Crippen LogP contribution in [0.25, 0.3) is 16.3 Å². The van der Waals surface area contributed by atoms with Gasteiger partial charge in [0.2, 0.25) is 0 Å². The van der Waals surface area contributed by atoms with E-state index in [1.165, 1.54) is 0 Å². The molecule has 1 nitrogen and oxygen atoms in total. The number of nitrogens with two attached hydrogens (primary N) is 1. The van der Waals surface area contributed by atoms with E-state index in [0.29, 0.717) is 11.9 Å². The monoisotopic (exact) mass is 201 g/mol. The molecule has 0 amide bonds. The van der Waals surface area contributed by atoms with E-state index in [-0.39, 0.29) is 6.54 Å². The van der Waals surface area contributed by atoms with E-state index in [9.17, 15) is 4.39 Å². The Morgan fingerprint density at radius 3 is 2.53 bits per heavy atom. The van der Waals surface area contributed by atoms with Crippen molar-refractivity contribution in [2.24, 2.45) is 5.73 Å². The minimum atomic E-state index is 0.217. The van der Waals surface area contributed by atoms with Crippen LogP contribution in [0.4, 0.5) is 4.39 Å². The third-order valence-electron chi connectivity index (χ3n) is 2.47. The van der Waals surface area contributed by atoms with E-state index >= 15 is 0 Å². The van der Waals surface area contributed by atoms with E-state index in [4.69, 9.17) is 5.73 Å². The van der Waals surface area contributed by atoms with Gasteiger partial charge in [-0.1, -0.05) is 36.4 Å². The Morgan fingerprint density at radius 2 is 1.87 bits per heavy atom. The minimum Gasteiger partial charge on any atom is -0.326 e. The highest BCUT2D eigenvalue weighted by molar-refractivity contribution is 5.86. The number of hydrogen-bond acceptors (Lipinski definition) is 1. The standard InChI is InChI=1S/C13H12FN/c14-8-13(9-15)12-6-5-10-3-1-2-4-11(10)7-12/h1-8H,9,15H2/b13-8-. The molecule has 2 rings (SSSR count). The smallest absolute Gasteiger partial charge is 0.0917 e. The lowest BCUT2D eigenvalue weighted by Gasteiger charge is -2.04. The van der Waals surface area contributed by atoms with E-state index in [1.54, 1.807) is 0 Å². The maximum atomic E-state index is 12.5. The molecule has 0 saturated heterocycles. The lowest BCUT2D eigenvalue weighted by atomic mass is 10.0. The summed E-state index contributed by atoms with van der Waals surface area (Å²) < 4.78 is 12.5. The van der Waals surface area contributed by atoms with Crippen molar-refractivity contribution >= 4 is 16.3 Å². The highest BCUT2D eigenvalue weighted by Gasteiger charge is 2.00. The summed E-state index contributed by atoms with van der Waals surface area (Å²) in [6, 6.07) is 13.8. The van der Waals surface area contributed by atoms with E-state index in [2.05, 4.69) is 0 Å². The largest absolute Gasteiger partial charge is 0.326 e. The van der Waals surface area contributed by atoms with Crippen molar-refractivity contribution < 1.29 is 4.39 Å². The molecule has 0 spiro atoms. The number of hydrogen-bond donors (Lipinski definition) is 1. The van der Waals surface area contributed by atoms with Crippen molar-refractivity contribution in [2.75, 3.05) is 6.54 Å². The fraction of sp³-hybridized carbons (Fsp3) is 0.0769. The quantitative estimate of drug-likeness (QED) is 0.793. The highest BCUT2D eigenvalue weighted by atomic mass is 19.1. The van der Waals surface area contributed by atoms with E-state index < -0.39 is 0 Å². The van der Waals surface area contributed by atoms with E-state index in [1.807, 2.05) is 42.5 Å². The first-order valence-corrected chi connectivity index (χ1v) is 4.83. The van der Waals surface area contributed by atoms with Gasteiger partial charge in [0, 0.05) is 12.1 Å². The van der Waals surface area contributed by atoms with Gasteiger partial charge in [0.25, 0.3) is 0 Å². The second-order valence-electron chi connectivity index (χ2n) is 3.40. The van der Waals surface area contributed by atoms with Crippen LogP contribution >= 0.6 is 0 Å². The fourth-order valence-electron chi connectivity index (χ4n) is 1.61. The topological polar surface area (TPSA) is 26.0 Å². The summed E-state index contributed by atoms with van der Waals surface area (Å²) >= 11 is 0. The molecule has 0 aliphatic carbocycles. The zero-order valence-corrected chi connectivity index (χ0v) is 8.28. The Hall–Kier alpha value is -1.67. The van der Waals surface area contributed by atoms with E-state index in [0.717, 1.165) is 16.3 Å². The van der Waals surface area contributed by atoms with Gasteiger partial charge in [0.15, 0.2) is 0 Å². The molecule has 0 aliphatic rings. The Labute approximate surface area is 88.0 Å². The molecule has 2 aromatic rings. The Morgan fingerprint density at radius 1 is 1.13 bits per heavy atom. The Bertz CT molecular complexity index is 503. The van der Waals surface area contributed by atoms with Crippen LogP contribution in [0.3, 0.4) is 0 Å². The Kier molecular flexibility index (Phi) is 2.79. The van der Waals surface area contributed by atoms with Gasteiger partial charge in [-0.2, -0.15) is 0 Å². The first-order valence-electron chi connectivity index (χ1n) is 4.83. The molecule has 0 bridgehead atoms. The molecule has 2 aromatic carbocycles. The summed E-state index contributed by atoms with van der Waals surface area (Å²) in [5, 5.41) is 2.25. The summed E-state index contributed by atoms with van der Waals surface area (Å²) in [7, 11) is 0. The Balaban J connectivity index is 2.56. The highest BCUT2D eigenvalue weighted by Crippen LogP contribution is 2.20. The number of fused-ring (bicyclic) bond motifs is 1. The zero-order chi connectivity index (χ0) is 10.7. The molecule has 2 N–H and O–H groups in total. The van der Waals surface area contributed by atoms with Gasteiger partial charge in [-0.3, -0.25) is 0 Å². The average Bonchev–Trinajstić information content (AvgIpc) is 2.30. The van der Waals surface area contributed by atoms with Crippen LogP contribution in [0.2, 0.25) is 0 Å². The lowest BCUT2D eigenvalue weighted by molar-refractivity contribution is 0.721. The molecule has 76 valence electrons. The third-order valence-corrected chi connectivity index (χ3v) is 2.47. The predicted molar refractivity (Wildman–Crippen MR) is 62.1 cm³/mol. The van der Waals surface area contributed by atoms with Crippen LogP contribution in [-0.4, -0.2) is 6.54 Å². The first kappa shape index (κ1) is 9.87. The van der Waals surface area contributed by atoms with Crippen molar-refractivity contribution in [3.05, 3.63) is 54.4 Å². The SMILES string of the molecule is NC/C(=C/F)c1ccc2ccccc2c1. The van der Waals surface area contributed by atoms with Crippen LogP contribution in [0.5, 0.6) is 0 Å². The summed E-state index contributed by atoms with van der Waals surface area (Å²) in [6.45, 7) is 0.217. The summed E-state index contributed by atoms with van der Waals surface area (Å²) in [6.07, 6.45) is 0.574. The van der Waals surface area contributed by atoms with Crippen molar-refractivity contribution in [3.63, 3.8) is 0 Å². The molecule has 0 unspecified atom stereocenters. The second-order valence-corrected chi connectivity index (χ2v) is 3.40. The number of halogens is 1. The normalized spacial score (nSPS) is 12.0. The summed E-state index contributed by atoms with van der Waals surface area (Å²) in [4.78, 5) is 0. The van der Waals surface area contributed by atoms with Crippen LogP contribution in [0, 0.1) is 0 Å². The van der Waals surface area contributed by atoms with Gasteiger partial charge in [0.05, 0.1) is 6.33 Å². The number of rotatable bonds is 2. The molecule has 0 saturated carbocycles. The van der Waals surface area contributed by atoms with Crippen LogP contribution in [0.15, 0.2) is 48.8 Å². The zero-order valence-electron chi connectivity index (χ0n) is 8.28. The molecule has 2 heteroatoms. The van der Waals surface area contributed by atoms with Crippen LogP contribution in [-0.2, 0) is 0 Å². The molecule has 0 heterocycles. The van der Waals surface area contributed by atoms with Gasteiger partial charge < -0.3 is 5.73 Å². The fourth-order valence-corrected chi connectivity index (χ4v) is 1.61. The minimum absolute atomic E-state index is 0.217. The molecule has 0 aliphatic heterocycles. The molecule has 0 radical (unpaired) electrons. The molecule has 15 heavy (non-hydrogen) atoms.